The number of nitrogens with one attached hydrogen (secondary N) is 1. The number of alkyl halides is 3. The van der Waals surface area contributed by atoms with Crippen LogP contribution in [-0.4, -0.2) is 10.9 Å². The summed E-state index contributed by atoms with van der Waals surface area (Å²) in [6, 6.07) is 5.14. The molecule has 1 aliphatic carbocycles. The standard InChI is InChI=1S/C17H17F3N2OS/c1-11-10-21-15(24-11)22-14(23)16(7-2-3-8-16)12-5-4-6-13(9-12)17(18,19)20/h4-6,9-10H,2-3,7-8H2,1H3,(H,21,22,23). The van der Waals surface area contributed by atoms with E-state index in [-0.39, 0.29) is 5.91 Å². The van der Waals surface area contributed by atoms with Crippen LogP contribution in [0.25, 0.3) is 0 Å². The lowest BCUT2D eigenvalue weighted by Gasteiger charge is -2.28. The van der Waals surface area contributed by atoms with Crippen molar-refractivity contribution in [1.29, 1.82) is 0 Å². The minimum Gasteiger partial charge on any atom is -0.301 e. The fourth-order valence-electron chi connectivity index (χ4n) is 3.25. The van der Waals surface area contributed by atoms with E-state index in [0.29, 0.717) is 23.5 Å². The van der Waals surface area contributed by atoms with Gasteiger partial charge in [-0.05, 0) is 31.4 Å². The van der Waals surface area contributed by atoms with Gasteiger partial charge in [0.15, 0.2) is 5.13 Å². The van der Waals surface area contributed by atoms with Crippen LogP contribution >= 0.6 is 11.3 Å². The number of rotatable bonds is 3. The number of thiazole rings is 1. The zero-order chi connectivity index (χ0) is 17.4. The average Bonchev–Trinajstić information content (AvgIpc) is 3.16. The highest BCUT2D eigenvalue weighted by atomic mass is 32.1. The second kappa shape index (κ2) is 6.20. The summed E-state index contributed by atoms with van der Waals surface area (Å²) in [5.74, 6) is -0.270. The Kier molecular flexibility index (Phi) is 4.38. The van der Waals surface area contributed by atoms with Gasteiger partial charge in [-0.1, -0.05) is 31.0 Å². The number of aromatic nitrogens is 1. The molecule has 1 aliphatic rings. The lowest BCUT2D eigenvalue weighted by Crippen LogP contribution is -2.38. The van der Waals surface area contributed by atoms with Crippen molar-refractivity contribution in [3.05, 3.63) is 46.5 Å². The van der Waals surface area contributed by atoms with E-state index in [1.165, 1.54) is 17.4 Å². The topological polar surface area (TPSA) is 42.0 Å². The Morgan fingerprint density at radius 3 is 2.58 bits per heavy atom. The Morgan fingerprint density at radius 2 is 2.00 bits per heavy atom. The molecule has 7 heteroatoms. The maximum atomic E-state index is 13.0. The molecule has 0 atom stereocenters. The molecule has 1 N–H and O–H groups in total. The maximum absolute atomic E-state index is 13.0. The number of carbonyl (C=O) groups is 1. The van der Waals surface area contributed by atoms with Gasteiger partial charge in [0.25, 0.3) is 0 Å². The third-order valence-corrected chi connectivity index (χ3v) is 5.30. The largest absolute Gasteiger partial charge is 0.416 e. The van der Waals surface area contributed by atoms with Gasteiger partial charge >= 0.3 is 6.18 Å². The average molecular weight is 354 g/mol. The summed E-state index contributed by atoms with van der Waals surface area (Å²) in [7, 11) is 0. The summed E-state index contributed by atoms with van der Waals surface area (Å²) in [6.45, 7) is 1.88. The Bertz CT molecular complexity index is 748. The van der Waals surface area contributed by atoms with Gasteiger partial charge in [-0.15, -0.1) is 11.3 Å². The lowest BCUT2D eigenvalue weighted by atomic mass is 9.77. The minimum absolute atomic E-state index is 0.270. The molecule has 2 aromatic rings. The van der Waals surface area contributed by atoms with Crippen LogP contribution in [0.3, 0.4) is 0 Å². The Balaban J connectivity index is 1.95. The minimum atomic E-state index is -4.42. The first-order valence-electron chi connectivity index (χ1n) is 7.73. The molecule has 128 valence electrons. The zero-order valence-corrected chi connectivity index (χ0v) is 13.9. The van der Waals surface area contributed by atoms with Crippen LogP contribution in [0, 0.1) is 6.92 Å². The molecule has 1 fully saturated rings. The molecule has 0 spiro atoms. The number of anilines is 1. The van der Waals surface area contributed by atoms with E-state index in [4.69, 9.17) is 0 Å². The highest BCUT2D eigenvalue weighted by Gasteiger charge is 2.44. The van der Waals surface area contributed by atoms with E-state index in [9.17, 15) is 18.0 Å². The summed E-state index contributed by atoms with van der Waals surface area (Å²) >= 11 is 1.35. The van der Waals surface area contributed by atoms with Crippen molar-refractivity contribution in [3.8, 4) is 0 Å². The van der Waals surface area contributed by atoms with Gasteiger partial charge in [-0.3, -0.25) is 4.79 Å². The van der Waals surface area contributed by atoms with Gasteiger partial charge < -0.3 is 5.32 Å². The summed E-state index contributed by atoms with van der Waals surface area (Å²) in [6.07, 6.45) is -0.0271. The summed E-state index contributed by atoms with van der Waals surface area (Å²) in [5, 5.41) is 3.27. The van der Waals surface area contributed by atoms with Crippen LogP contribution in [-0.2, 0) is 16.4 Å². The highest BCUT2D eigenvalue weighted by molar-refractivity contribution is 7.15. The smallest absolute Gasteiger partial charge is 0.301 e. The van der Waals surface area contributed by atoms with Crippen molar-refractivity contribution in [2.24, 2.45) is 0 Å². The van der Waals surface area contributed by atoms with Crippen molar-refractivity contribution in [1.82, 2.24) is 4.98 Å². The number of carbonyl (C=O) groups excluding carboxylic acids is 1. The van der Waals surface area contributed by atoms with Crippen LogP contribution in [0.4, 0.5) is 18.3 Å². The second-order valence-corrected chi connectivity index (χ2v) is 7.33. The van der Waals surface area contributed by atoms with Crippen LogP contribution in [0.15, 0.2) is 30.5 Å². The van der Waals surface area contributed by atoms with Gasteiger partial charge in [0.2, 0.25) is 5.91 Å². The van der Waals surface area contributed by atoms with Crippen molar-refractivity contribution in [2.75, 3.05) is 5.32 Å². The number of aryl methyl sites for hydroxylation is 1. The first-order chi connectivity index (χ1) is 11.3. The van der Waals surface area contributed by atoms with Gasteiger partial charge in [0.1, 0.15) is 0 Å². The van der Waals surface area contributed by atoms with Gasteiger partial charge in [-0.25, -0.2) is 4.98 Å². The maximum Gasteiger partial charge on any atom is 0.416 e. The molecule has 3 rings (SSSR count). The molecule has 1 heterocycles. The van der Waals surface area contributed by atoms with Crippen LogP contribution in [0.1, 0.15) is 41.7 Å². The fourth-order valence-corrected chi connectivity index (χ4v) is 3.91. The fraction of sp³-hybridized carbons (Fsp3) is 0.412. The van der Waals surface area contributed by atoms with E-state index in [0.717, 1.165) is 29.9 Å². The molecule has 1 aromatic carbocycles. The van der Waals surface area contributed by atoms with E-state index in [1.807, 2.05) is 6.92 Å². The quantitative estimate of drug-likeness (QED) is 0.850. The molecule has 0 radical (unpaired) electrons. The predicted molar refractivity (Wildman–Crippen MR) is 87.1 cm³/mol. The monoisotopic (exact) mass is 354 g/mol. The summed E-state index contributed by atoms with van der Waals surface area (Å²) < 4.78 is 39.1. The number of hydrogen-bond acceptors (Lipinski definition) is 3. The molecule has 0 saturated heterocycles. The summed E-state index contributed by atoms with van der Waals surface area (Å²) in [5.41, 5.74) is -1.20. The molecule has 24 heavy (non-hydrogen) atoms. The van der Waals surface area contributed by atoms with Crippen LogP contribution < -0.4 is 5.32 Å². The van der Waals surface area contributed by atoms with Crippen molar-refractivity contribution in [3.63, 3.8) is 0 Å². The predicted octanol–water partition coefficient (Wildman–Crippen LogP) is 4.92. The number of hydrogen-bond donors (Lipinski definition) is 1. The first kappa shape index (κ1) is 17.0. The number of benzene rings is 1. The molecule has 1 amide bonds. The van der Waals surface area contributed by atoms with Crippen molar-refractivity contribution in [2.45, 2.75) is 44.2 Å². The normalized spacial score (nSPS) is 17.0. The van der Waals surface area contributed by atoms with Gasteiger partial charge in [0.05, 0.1) is 11.0 Å². The van der Waals surface area contributed by atoms with Gasteiger partial charge in [-0.2, -0.15) is 13.2 Å². The van der Waals surface area contributed by atoms with E-state index >= 15 is 0 Å². The second-order valence-electron chi connectivity index (χ2n) is 6.10. The molecular formula is C17H17F3N2OS. The van der Waals surface area contributed by atoms with Crippen LogP contribution in [0.5, 0.6) is 0 Å². The molecular weight excluding hydrogens is 337 g/mol. The molecule has 0 unspecified atom stereocenters. The lowest BCUT2D eigenvalue weighted by molar-refractivity contribution is -0.137. The van der Waals surface area contributed by atoms with E-state index < -0.39 is 17.2 Å². The van der Waals surface area contributed by atoms with Crippen molar-refractivity contribution >= 4 is 22.4 Å². The van der Waals surface area contributed by atoms with E-state index in [1.54, 1.807) is 12.3 Å². The van der Waals surface area contributed by atoms with E-state index in [2.05, 4.69) is 10.3 Å². The number of halogens is 3. The summed E-state index contributed by atoms with van der Waals surface area (Å²) in [4.78, 5) is 18.0. The Hall–Kier alpha value is -1.89. The molecule has 1 saturated carbocycles. The molecule has 0 bridgehead atoms. The molecule has 0 aliphatic heterocycles. The SMILES string of the molecule is Cc1cnc(NC(=O)C2(c3cccc(C(F)(F)F)c3)CCCC2)s1. The third-order valence-electron chi connectivity index (χ3n) is 4.48. The molecule has 3 nitrogen and oxygen atoms in total. The Labute approximate surface area is 141 Å². The Morgan fingerprint density at radius 1 is 1.29 bits per heavy atom. The van der Waals surface area contributed by atoms with Gasteiger partial charge in [0, 0.05) is 11.1 Å². The zero-order valence-electron chi connectivity index (χ0n) is 13.1. The highest BCUT2D eigenvalue weighted by Crippen LogP contribution is 2.43. The number of amides is 1. The third kappa shape index (κ3) is 3.17. The first-order valence-corrected chi connectivity index (χ1v) is 8.54. The molecule has 1 aromatic heterocycles. The van der Waals surface area contributed by atoms with Crippen molar-refractivity contribution < 1.29 is 18.0 Å². The number of nitrogens with zero attached hydrogens (tertiary/aromatic N) is 1. The van der Waals surface area contributed by atoms with Crippen LogP contribution in [0.2, 0.25) is 0 Å².